The maximum Gasteiger partial charge on any atom is 0.251 e. The fraction of sp³-hybridized carbons (Fsp3) is 0.562. The Hall–Kier alpha value is -3.06. The fourth-order valence-corrected chi connectivity index (χ4v) is 6.96. The molecule has 0 unspecified atom stereocenters. The molecule has 2 fully saturated rings. The highest BCUT2D eigenvalue weighted by atomic mass is 16.5. The van der Waals surface area contributed by atoms with Crippen molar-refractivity contribution in [3.63, 3.8) is 0 Å². The summed E-state index contributed by atoms with van der Waals surface area (Å²) in [5.41, 5.74) is 1.64. The minimum atomic E-state index is -0.733. The molecule has 0 radical (unpaired) electrons. The first kappa shape index (κ1) is 28.9. The van der Waals surface area contributed by atoms with Crippen LogP contribution in [0, 0.1) is 16.7 Å². The molecule has 0 spiro atoms. The van der Waals surface area contributed by atoms with Gasteiger partial charge in [-0.2, -0.15) is 0 Å². The molecule has 212 valence electrons. The zero-order chi connectivity index (χ0) is 28.4. The van der Waals surface area contributed by atoms with Gasteiger partial charge >= 0.3 is 0 Å². The number of hydrogen-bond acceptors (Lipinski definition) is 5. The fourth-order valence-electron chi connectivity index (χ4n) is 6.96. The van der Waals surface area contributed by atoms with Crippen molar-refractivity contribution >= 4 is 17.5 Å². The first-order valence-electron chi connectivity index (χ1n) is 14.1. The van der Waals surface area contributed by atoms with Gasteiger partial charge in [-0.25, -0.2) is 0 Å². The summed E-state index contributed by atoms with van der Waals surface area (Å²) < 4.78 is 5.21. The van der Waals surface area contributed by atoms with Crippen molar-refractivity contribution in [2.45, 2.75) is 77.5 Å². The van der Waals surface area contributed by atoms with Crippen molar-refractivity contribution in [2.24, 2.45) is 16.7 Å². The molecule has 2 saturated carbocycles. The first-order chi connectivity index (χ1) is 18.3. The van der Waals surface area contributed by atoms with Gasteiger partial charge in [-0.1, -0.05) is 26.0 Å². The van der Waals surface area contributed by atoms with Gasteiger partial charge in [-0.15, -0.1) is 0 Å². The molecular formula is C32H45N3O4. The van der Waals surface area contributed by atoms with E-state index in [1.807, 2.05) is 74.4 Å². The monoisotopic (exact) mass is 535 g/mol. The second-order valence-corrected chi connectivity index (χ2v) is 12.8. The maximum absolute atomic E-state index is 13.4. The summed E-state index contributed by atoms with van der Waals surface area (Å²) in [5.74, 6) is 0.909. The lowest BCUT2D eigenvalue weighted by Crippen LogP contribution is -2.52. The molecule has 4 rings (SSSR count). The van der Waals surface area contributed by atoms with Crippen LogP contribution in [0.25, 0.3) is 0 Å². The van der Waals surface area contributed by atoms with Crippen molar-refractivity contribution in [1.29, 1.82) is 0 Å². The summed E-state index contributed by atoms with van der Waals surface area (Å²) in [4.78, 5) is 28.4. The molecule has 0 aliphatic heterocycles. The van der Waals surface area contributed by atoms with Gasteiger partial charge in [0.25, 0.3) is 5.91 Å². The SMILES string of the molecule is COc1ccc(CNC(=O)CC[C@]23CC[C@](C)(O)C[C@H]2C(C)(C)C[C@@H]3NC(=O)c2ccc(N(C)C)cc2)cc1. The van der Waals surface area contributed by atoms with Crippen LogP contribution in [0.1, 0.15) is 75.2 Å². The van der Waals surface area contributed by atoms with E-state index in [2.05, 4.69) is 24.5 Å². The number of rotatable bonds is 9. The van der Waals surface area contributed by atoms with E-state index in [4.69, 9.17) is 4.74 Å². The van der Waals surface area contributed by atoms with Crippen LogP contribution in [0.15, 0.2) is 48.5 Å². The average molecular weight is 536 g/mol. The number of carbonyl (C=O) groups excluding carboxylic acids is 2. The molecule has 7 heteroatoms. The Morgan fingerprint density at radius 3 is 2.28 bits per heavy atom. The lowest BCUT2D eigenvalue weighted by atomic mass is 9.57. The van der Waals surface area contributed by atoms with E-state index in [-0.39, 0.29) is 34.6 Å². The van der Waals surface area contributed by atoms with Crippen LogP contribution in [0.2, 0.25) is 0 Å². The molecule has 2 aromatic carbocycles. The molecule has 3 N–H and O–H groups in total. The van der Waals surface area contributed by atoms with E-state index in [0.717, 1.165) is 29.8 Å². The summed E-state index contributed by atoms with van der Waals surface area (Å²) in [7, 11) is 5.59. The van der Waals surface area contributed by atoms with Crippen LogP contribution in [0.5, 0.6) is 5.75 Å². The van der Waals surface area contributed by atoms with Gasteiger partial charge in [0.15, 0.2) is 0 Å². The van der Waals surface area contributed by atoms with Gasteiger partial charge in [0.05, 0.1) is 12.7 Å². The zero-order valence-corrected chi connectivity index (χ0v) is 24.3. The number of ether oxygens (including phenoxy) is 1. The number of methoxy groups -OCH3 is 1. The molecule has 2 aromatic rings. The number of hydrogen-bond donors (Lipinski definition) is 3. The third kappa shape index (κ3) is 6.40. The van der Waals surface area contributed by atoms with Crippen molar-refractivity contribution < 1.29 is 19.4 Å². The lowest BCUT2D eigenvalue weighted by molar-refractivity contribution is -0.123. The molecule has 39 heavy (non-hydrogen) atoms. The van der Waals surface area contributed by atoms with Gasteiger partial charge in [-0.05, 0) is 97.7 Å². The van der Waals surface area contributed by atoms with Crippen molar-refractivity contribution in [3.05, 3.63) is 59.7 Å². The Morgan fingerprint density at radius 2 is 1.67 bits per heavy atom. The summed E-state index contributed by atoms with van der Waals surface area (Å²) >= 11 is 0. The number of benzene rings is 2. The number of nitrogens with one attached hydrogen (secondary N) is 2. The molecule has 2 aliphatic rings. The highest BCUT2D eigenvalue weighted by Crippen LogP contribution is 2.63. The summed E-state index contributed by atoms with van der Waals surface area (Å²) in [5, 5.41) is 17.5. The number of carbonyl (C=O) groups is 2. The van der Waals surface area contributed by atoms with Crippen molar-refractivity contribution in [1.82, 2.24) is 10.6 Å². The molecule has 4 atom stereocenters. The smallest absolute Gasteiger partial charge is 0.251 e. The Kier molecular flexibility index (Phi) is 8.31. The minimum Gasteiger partial charge on any atom is -0.497 e. The van der Waals surface area contributed by atoms with E-state index in [1.54, 1.807) is 7.11 Å². The predicted molar refractivity (Wildman–Crippen MR) is 155 cm³/mol. The minimum absolute atomic E-state index is 0.00494. The molecular weight excluding hydrogens is 490 g/mol. The van der Waals surface area contributed by atoms with Crippen molar-refractivity contribution in [3.8, 4) is 5.75 Å². The predicted octanol–water partition coefficient (Wildman–Crippen LogP) is 4.92. The second-order valence-electron chi connectivity index (χ2n) is 12.8. The molecule has 0 bridgehead atoms. The lowest BCUT2D eigenvalue weighted by Gasteiger charge is -2.50. The van der Waals surface area contributed by atoms with E-state index in [1.165, 1.54) is 0 Å². The Morgan fingerprint density at radius 1 is 1.00 bits per heavy atom. The standard InChI is InChI=1S/C32H45N3O4/c1-30(2)20-27(34-29(37)23-9-11-24(12-10-23)35(4)5)32(18-17-31(3,38)19-26(30)32)16-15-28(36)33-21-22-7-13-25(39-6)14-8-22/h7-14,26-27,38H,15-21H2,1-6H3,(H,33,36)(H,34,37)/t26-,27-,31-,32-/m0/s1. The van der Waals surface area contributed by atoms with Crippen LogP contribution in [-0.2, 0) is 11.3 Å². The van der Waals surface area contributed by atoms with Crippen LogP contribution in [0.3, 0.4) is 0 Å². The molecule has 7 nitrogen and oxygen atoms in total. The largest absolute Gasteiger partial charge is 0.497 e. The highest BCUT2D eigenvalue weighted by molar-refractivity contribution is 5.94. The number of aliphatic hydroxyl groups is 1. The summed E-state index contributed by atoms with van der Waals surface area (Å²) in [6.07, 6.45) is 4.01. The maximum atomic E-state index is 13.4. The van der Waals surface area contributed by atoms with Crippen molar-refractivity contribution in [2.75, 3.05) is 26.1 Å². The van der Waals surface area contributed by atoms with Gasteiger partial charge in [0.2, 0.25) is 5.91 Å². The van der Waals surface area contributed by atoms with Gasteiger partial charge < -0.3 is 25.4 Å². The summed E-state index contributed by atoms with van der Waals surface area (Å²) in [6.45, 7) is 6.88. The quantitative estimate of drug-likeness (QED) is 0.424. The van der Waals surface area contributed by atoms with Crippen LogP contribution >= 0.6 is 0 Å². The molecule has 0 saturated heterocycles. The molecule has 2 amide bonds. The van der Waals surface area contributed by atoms with Crippen LogP contribution in [-0.4, -0.2) is 49.8 Å². The van der Waals surface area contributed by atoms with Gasteiger partial charge in [-0.3, -0.25) is 9.59 Å². The zero-order valence-electron chi connectivity index (χ0n) is 24.3. The topological polar surface area (TPSA) is 90.9 Å². The molecule has 0 aromatic heterocycles. The highest BCUT2D eigenvalue weighted by Gasteiger charge is 2.61. The van der Waals surface area contributed by atoms with Crippen LogP contribution in [0.4, 0.5) is 5.69 Å². The van der Waals surface area contributed by atoms with E-state index in [9.17, 15) is 14.7 Å². The average Bonchev–Trinajstić information content (AvgIpc) is 3.11. The third-order valence-corrected chi connectivity index (χ3v) is 9.25. The Bertz CT molecular complexity index is 1160. The molecule has 2 aliphatic carbocycles. The van der Waals surface area contributed by atoms with Gasteiger partial charge in [0, 0.05) is 44.4 Å². The second kappa shape index (κ2) is 11.2. The number of nitrogens with zero attached hydrogens (tertiary/aromatic N) is 1. The Labute approximate surface area is 233 Å². The van der Waals surface area contributed by atoms with E-state index >= 15 is 0 Å². The van der Waals surface area contributed by atoms with Gasteiger partial charge in [0.1, 0.15) is 5.75 Å². The summed E-state index contributed by atoms with van der Waals surface area (Å²) in [6, 6.07) is 15.3. The number of amides is 2. The number of anilines is 1. The van der Waals surface area contributed by atoms with Crippen LogP contribution < -0.4 is 20.3 Å². The molecule has 0 heterocycles. The normalized spacial score (nSPS) is 27.4. The van der Waals surface area contributed by atoms with E-state index in [0.29, 0.717) is 37.8 Å². The third-order valence-electron chi connectivity index (χ3n) is 9.25. The first-order valence-corrected chi connectivity index (χ1v) is 14.1. The number of fused-ring (bicyclic) bond motifs is 1. The van der Waals surface area contributed by atoms with E-state index < -0.39 is 5.60 Å². The Balaban J connectivity index is 1.49.